The fourth-order valence-corrected chi connectivity index (χ4v) is 1.51. The largest absolute Gasteiger partial charge is 0.505 e. The molecule has 0 spiro atoms. The van der Waals surface area contributed by atoms with Crippen LogP contribution in [0.4, 0.5) is 4.39 Å². The average molecular weight is 255 g/mol. The minimum absolute atomic E-state index is 0.305. The van der Waals surface area contributed by atoms with Crippen molar-refractivity contribution in [2.75, 3.05) is 19.8 Å². The Morgan fingerprint density at radius 3 is 2.83 bits per heavy atom. The second-order valence-corrected chi connectivity index (χ2v) is 4.78. The molecule has 0 aliphatic rings. The van der Waals surface area contributed by atoms with Crippen molar-refractivity contribution < 1.29 is 14.2 Å². The maximum absolute atomic E-state index is 13.0. The SMILES string of the molecule is CC(C)COCCCNCc1ccc(O)c(F)c1. The zero-order valence-electron chi connectivity index (χ0n) is 11.1. The summed E-state index contributed by atoms with van der Waals surface area (Å²) in [6.45, 7) is 7.22. The van der Waals surface area contributed by atoms with E-state index in [2.05, 4.69) is 19.2 Å². The van der Waals surface area contributed by atoms with Crippen LogP contribution in [0.1, 0.15) is 25.8 Å². The summed E-state index contributed by atoms with van der Waals surface area (Å²) < 4.78 is 18.5. The molecule has 0 unspecified atom stereocenters. The van der Waals surface area contributed by atoms with Gasteiger partial charge in [0.2, 0.25) is 0 Å². The highest BCUT2D eigenvalue weighted by Crippen LogP contribution is 2.15. The molecule has 18 heavy (non-hydrogen) atoms. The number of hydrogen-bond donors (Lipinski definition) is 2. The van der Waals surface area contributed by atoms with Gasteiger partial charge in [0.15, 0.2) is 11.6 Å². The van der Waals surface area contributed by atoms with Crippen molar-refractivity contribution >= 4 is 0 Å². The van der Waals surface area contributed by atoms with Crippen LogP contribution in [0.5, 0.6) is 5.75 Å². The van der Waals surface area contributed by atoms with Crippen LogP contribution < -0.4 is 5.32 Å². The molecule has 0 bridgehead atoms. The van der Waals surface area contributed by atoms with Gasteiger partial charge in [-0.25, -0.2) is 4.39 Å². The molecule has 102 valence electrons. The molecule has 0 atom stereocenters. The zero-order chi connectivity index (χ0) is 13.4. The molecule has 0 heterocycles. The second kappa shape index (κ2) is 8.06. The third-order valence-electron chi connectivity index (χ3n) is 2.43. The lowest BCUT2D eigenvalue weighted by Gasteiger charge is -2.08. The summed E-state index contributed by atoms with van der Waals surface area (Å²) in [5, 5.41) is 12.3. The minimum Gasteiger partial charge on any atom is -0.505 e. The minimum atomic E-state index is -0.574. The van der Waals surface area contributed by atoms with Crippen molar-refractivity contribution in [3.8, 4) is 5.75 Å². The van der Waals surface area contributed by atoms with E-state index in [0.717, 1.165) is 31.7 Å². The molecule has 1 aromatic carbocycles. The van der Waals surface area contributed by atoms with Crippen molar-refractivity contribution in [3.63, 3.8) is 0 Å². The van der Waals surface area contributed by atoms with E-state index in [9.17, 15) is 4.39 Å². The van der Waals surface area contributed by atoms with Gasteiger partial charge in [-0.2, -0.15) is 0 Å². The highest BCUT2D eigenvalue weighted by Gasteiger charge is 2.01. The summed E-state index contributed by atoms with van der Waals surface area (Å²) in [6, 6.07) is 4.43. The first-order chi connectivity index (χ1) is 8.59. The van der Waals surface area contributed by atoms with E-state index in [1.54, 1.807) is 6.07 Å². The Kier molecular flexibility index (Phi) is 6.68. The molecule has 0 saturated carbocycles. The molecule has 0 aromatic heterocycles. The predicted molar refractivity (Wildman–Crippen MR) is 70.0 cm³/mol. The predicted octanol–water partition coefficient (Wildman–Crippen LogP) is 2.68. The Balaban J connectivity index is 2.09. The normalized spacial score (nSPS) is 11.1. The van der Waals surface area contributed by atoms with Crippen LogP contribution in [-0.2, 0) is 11.3 Å². The monoisotopic (exact) mass is 255 g/mol. The van der Waals surface area contributed by atoms with Crippen LogP contribution in [0.15, 0.2) is 18.2 Å². The van der Waals surface area contributed by atoms with Crippen molar-refractivity contribution in [1.82, 2.24) is 5.32 Å². The van der Waals surface area contributed by atoms with Gasteiger partial charge in [0.1, 0.15) is 0 Å². The number of halogens is 1. The Morgan fingerprint density at radius 1 is 1.39 bits per heavy atom. The molecule has 0 saturated heterocycles. The Morgan fingerprint density at radius 2 is 2.17 bits per heavy atom. The Hall–Kier alpha value is -1.13. The van der Waals surface area contributed by atoms with E-state index in [1.165, 1.54) is 12.1 Å². The number of benzene rings is 1. The molecule has 2 N–H and O–H groups in total. The standard InChI is InChI=1S/C14H22FNO2/c1-11(2)10-18-7-3-6-16-9-12-4-5-14(17)13(15)8-12/h4-5,8,11,16-17H,3,6-7,9-10H2,1-2H3. The summed E-state index contributed by atoms with van der Waals surface area (Å²) in [5.41, 5.74) is 0.827. The van der Waals surface area contributed by atoms with E-state index in [0.29, 0.717) is 12.5 Å². The highest BCUT2D eigenvalue weighted by atomic mass is 19.1. The van der Waals surface area contributed by atoms with E-state index in [1.807, 2.05) is 0 Å². The summed E-state index contributed by atoms with van der Waals surface area (Å²) in [5.74, 6) is -0.312. The van der Waals surface area contributed by atoms with E-state index in [4.69, 9.17) is 9.84 Å². The fourth-order valence-electron chi connectivity index (χ4n) is 1.51. The fraction of sp³-hybridized carbons (Fsp3) is 0.571. The summed E-state index contributed by atoms with van der Waals surface area (Å²) in [7, 11) is 0. The van der Waals surface area contributed by atoms with Gasteiger partial charge in [-0.05, 0) is 36.6 Å². The molecule has 0 aliphatic heterocycles. The third-order valence-corrected chi connectivity index (χ3v) is 2.43. The van der Waals surface area contributed by atoms with Gasteiger partial charge in [-0.15, -0.1) is 0 Å². The number of ether oxygens (including phenoxy) is 1. The topological polar surface area (TPSA) is 41.5 Å². The van der Waals surface area contributed by atoms with Crippen LogP contribution in [0.3, 0.4) is 0 Å². The number of nitrogens with one attached hydrogen (secondary N) is 1. The zero-order valence-corrected chi connectivity index (χ0v) is 11.1. The van der Waals surface area contributed by atoms with Gasteiger partial charge < -0.3 is 15.2 Å². The van der Waals surface area contributed by atoms with Crippen molar-refractivity contribution in [2.45, 2.75) is 26.8 Å². The van der Waals surface area contributed by atoms with Crippen LogP contribution in [-0.4, -0.2) is 24.9 Å². The molecule has 0 radical (unpaired) electrons. The summed E-state index contributed by atoms with van der Waals surface area (Å²) in [6.07, 6.45) is 0.938. The summed E-state index contributed by atoms with van der Waals surface area (Å²) >= 11 is 0. The molecule has 1 rings (SSSR count). The molecule has 3 nitrogen and oxygen atoms in total. The van der Waals surface area contributed by atoms with Crippen molar-refractivity contribution in [3.05, 3.63) is 29.6 Å². The molecule has 1 aromatic rings. The van der Waals surface area contributed by atoms with E-state index in [-0.39, 0.29) is 5.75 Å². The number of phenols is 1. The van der Waals surface area contributed by atoms with Gasteiger partial charge in [-0.1, -0.05) is 19.9 Å². The first-order valence-corrected chi connectivity index (χ1v) is 6.35. The molecule has 0 aliphatic carbocycles. The van der Waals surface area contributed by atoms with Gasteiger partial charge >= 0.3 is 0 Å². The first-order valence-electron chi connectivity index (χ1n) is 6.35. The van der Waals surface area contributed by atoms with Crippen molar-refractivity contribution in [2.24, 2.45) is 5.92 Å². The molecule has 4 heteroatoms. The van der Waals surface area contributed by atoms with Crippen LogP contribution >= 0.6 is 0 Å². The number of hydrogen-bond acceptors (Lipinski definition) is 3. The van der Waals surface area contributed by atoms with E-state index < -0.39 is 5.82 Å². The average Bonchev–Trinajstić information content (AvgIpc) is 2.32. The lowest BCUT2D eigenvalue weighted by atomic mass is 10.2. The first kappa shape index (κ1) is 14.9. The van der Waals surface area contributed by atoms with Crippen LogP contribution in [0.2, 0.25) is 0 Å². The lowest BCUT2D eigenvalue weighted by molar-refractivity contribution is 0.108. The molecular weight excluding hydrogens is 233 g/mol. The van der Waals surface area contributed by atoms with E-state index >= 15 is 0 Å². The van der Waals surface area contributed by atoms with Crippen molar-refractivity contribution in [1.29, 1.82) is 0 Å². The van der Waals surface area contributed by atoms with Gasteiger partial charge in [0.05, 0.1) is 0 Å². The molecule has 0 fully saturated rings. The smallest absolute Gasteiger partial charge is 0.165 e. The Labute approximate surface area is 108 Å². The van der Waals surface area contributed by atoms with Gasteiger partial charge in [0.25, 0.3) is 0 Å². The molecule has 0 amide bonds. The highest BCUT2D eigenvalue weighted by molar-refractivity contribution is 5.27. The number of rotatable bonds is 8. The summed E-state index contributed by atoms with van der Waals surface area (Å²) in [4.78, 5) is 0. The van der Waals surface area contributed by atoms with Crippen LogP contribution in [0, 0.1) is 11.7 Å². The quantitative estimate of drug-likeness (QED) is 0.702. The Bertz CT molecular complexity index is 356. The molecular formula is C14H22FNO2. The third kappa shape index (κ3) is 5.98. The lowest BCUT2D eigenvalue weighted by Crippen LogP contribution is -2.17. The number of phenolic OH excluding ortho intramolecular Hbond substituents is 1. The maximum atomic E-state index is 13.0. The maximum Gasteiger partial charge on any atom is 0.165 e. The second-order valence-electron chi connectivity index (χ2n) is 4.78. The van der Waals surface area contributed by atoms with Gasteiger partial charge in [-0.3, -0.25) is 0 Å². The number of aromatic hydroxyl groups is 1. The van der Waals surface area contributed by atoms with Crippen LogP contribution in [0.25, 0.3) is 0 Å². The van der Waals surface area contributed by atoms with Gasteiger partial charge in [0, 0.05) is 19.8 Å².